The lowest BCUT2D eigenvalue weighted by molar-refractivity contribution is -0.137. The number of fused-ring (bicyclic) bond motifs is 1. The first-order valence-electron chi connectivity index (χ1n) is 14.6. The number of alkyl halides is 3. The van der Waals surface area contributed by atoms with Crippen LogP contribution in [0.5, 0.6) is 0 Å². The zero-order chi connectivity index (χ0) is 31.6. The quantitative estimate of drug-likeness (QED) is 0.192. The molecule has 0 aliphatic heterocycles. The van der Waals surface area contributed by atoms with Crippen molar-refractivity contribution in [3.8, 4) is 11.1 Å². The zero-order valence-corrected chi connectivity index (χ0v) is 25.6. The Morgan fingerprint density at radius 3 is 2.36 bits per heavy atom. The van der Waals surface area contributed by atoms with E-state index in [0.29, 0.717) is 42.1 Å². The monoisotopic (exact) mass is 647 g/mol. The maximum absolute atomic E-state index is 14.2. The molecule has 6 rings (SSSR count). The van der Waals surface area contributed by atoms with Crippen molar-refractivity contribution >= 4 is 44.8 Å². The highest BCUT2D eigenvalue weighted by Gasteiger charge is 2.33. The van der Waals surface area contributed by atoms with E-state index in [0.717, 1.165) is 38.9 Å². The van der Waals surface area contributed by atoms with Gasteiger partial charge in [-0.15, -0.1) is 11.3 Å². The van der Waals surface area contributed by atoms with Crippen LogP contribution in [0.15, 0.2) is 97.3 Å². The lowest BCUT2D eigenvalue weighted by atomic mass is 9.89. The minimum absolute atomic E-state index is 0.0303. The van der Waals surface area contributed by atoms with Crippen molar-refractivity contribution in [2.75, 3.05) is 0 Å². The molecule has 0 radical (unpaired) electrons. The van der Waals surface area contributed by atoms with Crippen LogP contribution < -0.4 is 5.32 Å². The molecular weight excluding hydrogens is 619 g/mol. The van der Waals surface area contributed by atoms with E-state index in [1.54, 1.807) is 12.4 Å². The Morgan fingerprint density at radius 1 is 0.889 bits per heavy atom. The van der Waals surface area contributed by atoms with Crippen LogP contribution in [0, 0.1) is 0 Å². The second-order valence-electron chi connectivity index (χ2n) is 11.2. The molecule has 10 heteroatoms. The van der Waals surface area contributed by atoms with Crippen LogP contribution in [-0.2, 0) is 12.7 Å². The molecule has 2 aromatic heterocycles. The lowest BCUT2D eigenvalue weighted by Gasteiger charge is -2.37. The van der Waals surface area contributed by atoms with E-state index < -0.39 is 17.6 Å². The Kier molecular flexibility index (Phi) is 8.92. The number of benzene rings is 3. The molecule has 2 heterocycles. The number of rotatable bonds is 7. The average Bonchev–Trinajstić information content (AvgIpc) is 3.40. The Balaban J connectivity index is 1.22. The molecule has 1 aliphatic carbocycles. The minimum Gasteiger partial charge on any atom is -0.349 e. The third-order valence-electron chi connectivity index (χ3n) is 8.21. The molecular formula is C35H29ClF3N3O2S. The Morgan fingerprint density at radius 2 is 1.62 bits per heavy atom. The highest BCUT2D eigenvalue weighted by molar-refractivity contribution is 7.21. The highest BCUT2D eigenvalue weighted by Crippen LogP contribution is 2.38. The molecule has 1 saturated carbocycles. The predicted octanol–water partition coefficient (Wildman–Crippen LogP) is 9.02. The van der Waals surface area contributed by atoms with Gasteiger partial charge in [0.2, 0.25) is 0 Å². The number of thiophene rings is 1. The summed E-state index contributed by atoms with van der Waals surface area (Å²) in [7, 11) is 0. The van der Waals surface area contributed by atoms with Gasteiger partial charge in [-0.25, -0.2) is 0 Å². The van der Waals surface area contributed by atoms with Crippen LogP contribution in [0.2, 0.25) is 5.02 Å². The Labute approximate surface area is 267 Å². The molecule has 5 aromatic rings. The van der Waals surface area contributed by atoms with Crippen LogP contribution in [0.25, 0.3) is 21.2 Å². The fourth-order valence-electron chi connectivity index (χ4n) is 5.88. The molecule has 0 spiro atoms. The Hall–Kier alpha value is -4.21. The van der Waals surface area contributed by atoms with Crippen LogP contribution in [0.4, 0.5) is 13.2 Å². The standard InChI is InChI=1S/C35H29ClF3N3O2S/c36-31-29-9-1-2-10-30(29)45-32(31)34(44)42(21-22-5-3-6-24(19-22)23-15-17-40-18-16-23)28-13-11-27(12-14-28)41-33(43)25-7-4-8-26(20-25)35(37,38)39/h1-10,15-20,27-28H,11-14,21H2,(H,41,43). The lowest BCUT2D eigenvalue weighted by Crippen LogP contribution is -2.46. The summed E-state index contributed by atoms with van der Waals surface area (Å²) in [6.07, 6.45) is 1.35. The molecule has 230 valence electrons. The SMILES string of the molecule is O=C(NC1CCC(N(Cc2cccc(-c3ccncc3)c2)C(=O)c2sc3ccccc3c2Cl)CC1)c1cccc(C(F)(F)F)c1. The fourth-order valence-corrected chi connectivity index (χ4v) is 7.34. The molecule has 1 aliphatic rings. The van der Waals surface area contributed by atoms with Gasteiger partial charge in [0, 0.05) is 46.7 Å². The first kappa shape index (κ1) is 30.8. The smallest absolute Gasteiger partial charge is 0.349 e. The van der Waals surface area contributed by atoms with E-state index in [4.69, 9.17) is 11.6 Å². The number of carbonyl (C=O) groups is 2. The summed E-state index contributed by atoms with van der Waals surface area (Å²) >= 11 is 8.14. The van der Waals surface area contributed by atoms with Gasteiger partial charge in [-0.3, -0.25) is 14.6 Å². The first-order chi connectivity index (χ1) is 21.7. The molecule has 5 nitrogen and oxygen atoms in total. The van der Waals surface area contributed by atoms with Crippen molar-refractivity contribution in [2.45, 2.75) is 50.5 Å². The molecule has 45 heavy (non-hydrogen) atoms. The summed E-state index contributed by atoms with van der Waals surface area (Å²) in [5, 5.41) is 4.19. The van der Waals surface area contributed by atoms with E-state index in [-0.39, 0.29) is 23.6 Å². The molecule has 1 N–H and O–H groups in total. The number of hydrogen-bond donors (Lipinski definition) is 1. The Bertz CT molecular complexity index is 1840. The van der Waals surface area contributed by atoms with Gasteiger partial charge < -0.3 is 10.2 Å². The summed E-state index contributed by atoms with van der Waals surface area (Å²) in [6, 6.07) is 23.7. The van der Waals surface area contributed by atoms with Crippen LogP contribution >= 0.6 is 22.9 Å². The van der Waals surface area contributed by atoms with Crippen LogP contribution in [-0.4, -0.2) is 33.8 Å². The third kappa shape index (κ3) is 6.89. The van der Waals surface area contributed by atoms with E-state index >= 15 is 0 Å². The second-order valence-corrected chi connectivity index (χ2v) is 12.6. The van der Waals surface area contributed by atoms with Crippen LogP contribution in [0.3, 0.4) is 0 Å². The molecule has 1 fully saturated rings. The van der Waals surface area contributed by atoms with Gasteiger partial charge in [-0.2, -0.15) is 13.2 Å². The molecule has 3 aromatic carbocycles. The van der Waals surface area contributed by atoms with E-state index in [1.165, 1.54) is 23.5 Å². The summed E-state index contributed by atoms with van der Waals surface area (Å²) in [5.41, 5.74) is 2.12. The van der Waals surface area contributed by atoms with Crippen molar-refractivity contribution in [3.63, 3.8) is 0 Å². The third-order valence-corrected chi connectivity index (χ3v) is 9.87. The van der Waals surface area contributed by atoms with Crippen molar-refractivity contribution in [1.29, 1.82) is 0 Å². The largest absolute Gasteiger partial charge is 0.416 e. The summed E-state index contributed by atoms with van der Waals surface area (Å²) < 4.78 is 40.5. The number of halogens is 4. The molecule has 2 amide bonds. The van der Waals surface area contributed by atoms with Gasteiger partial charge in [-0.05, 0) is 84.8 Å². The fraction of sp³-hybridized carbons (Fsp3) is 0.229. The maximum atomic E-state index is 14.2. The van der Waals surface area contributed by atoms with Crippen molar-refractivity contribution in [2.24, 2.45) is 0 Å². The van der Waals surface area contributed by atoms with E-state index in [1.807, 2.05) is 59.5 Å². The van der Waals surface area contributed by atoms with Crippen molar-refractivity contribution in [3.05, 3.63) is 124 Å². The topological polar surface area (TPSA) is 62.3 Å². The maximum Gasteiger partial charge on any atom is 0.416 e. The van der Waals surface area contributed by atoms with Gasteiger partial charge in [0.15, 0.2) is 0 Å². The zero-order valence-electron chi connectivity index (χ0n) is 24.1. The first-order valence-corrected chi connectivity index (χ1v) is 15.8. The van der Waals surface area contributed by atoms with E-state index in [2.05, 4.69) is 16.4 Å². The van der Waals surface area contributed by atoms with E-state index in [9.17, 15) is 22.8 Å². The number of pyridine rings is 1. The normalized spacial score (nSPS) is 16.8. The number of nitrogens with zero attached hydrogens (tertiary/aromatic N) is 2. The summed E-state index contributed by atoms with van der Waals surface area (Å²) in [5.74, 6) is -0.686. The number of hydrogen-bond acceptors (Lipinski definition) is 4. The molecule has 0 bridgehead atoms. The van der Waals surface area contributed by atoms with Crippen molar-refractivity contribution < 1.29 is 22.8 Å². The minimum atomic E-state index is -4.53. The number of amides is 2. The van der Waals surface area contributed by atoms with Gasteiger partial charge >= 0.3 is 6.18 Å². The van der Waals surface area contributed by atoms with Crippen LogP contribution in [0.1, 0.15) is 56.8 Å². The van der Waals surface area contributed by atoms with Gasteiger partial charge in [0.25, 0.3) is 11.8 Å². The van der Waals surface area contributed by atoms with Gasteiger partial charge in [0.1, 0.15) is 4.88 Å². The number of aromatic nitrogens is 1. The molecule has 0 unspecified atom stereocenters. The molecule has 0 atom stereocenters. The van der Waals surface area contributed by atoms with Gasteiger partial charge in [0.05, 0.1) is 10.6 Å². The second kappa shape index (κ2) is 13.0. The number of carbonyl (C=O) groups excluding carboxylic acids is 2. The molecule has 0 saturated heterocycles. The number of nitrogens with one attached hydrogen (secondary N) is 1. The average molecular weight is 648 g/mol. The predicted molar refractivity (Wildman–Crippen MR) is 171 cm³/mol. The summed E-state index contributed by atoms with van der Waals surface area (Å²) in [6.45, 7) is 0.369. The summed E-state index contributed by atoms with van der Waals surface area (Å²) in [4.78, 5) is 33.6. The van der Waals surface area contributed by atoms with Crippen molar-refractivity contribution in [1.82, 2.24) is 15.2 Å². The highest BCUT2D eigenvalue weighted by atomic mass is 35.5. The van der Waals surface area contributed by atoms with Gasteiger partial charge in [-0.1, -0.05) is 54.1 Å².